The molecule has 0 saturated heterocycles. The van der Waals surface area contributed by atoms with Crippen molar-refractivity contribution in [1.29, 1.82) is 0 Å². The molecule has 0 saturated carbocycles. The Morgan fingerprint density at radius 3 is 2.95 bits per heavy atom. The average Bonchev–Trinajstić information content (AvgIpc) is 2.74. The van der Waals surface area contributed by atoms with Gasteiger partial charge in [0.05, 0.1) is 16.4 Å². The van der Waals surface area contributed by atoms with E-state index in [0.717, 1.165) is 0 Å². The van der Waals surface area contributed by atoms with Gasteiger partial charge in [0, 0.05) is 6.42 Å². The highest BCUT2D eigenvalue weighted by Gasteiger charge is 2.36. The fourth-order valence-corrected chi connectivity index (χ4v) is 2.50. The van der Waals surface area contributed by atoms with Gasteiger partial charge in [0.2, 0.25) is 0 Å². The molecule has 0 atom stereocenters. The molecule has 20 heavy (non-hydrogen) atoms. The number of carbonyl (C=O) groups excluding carboxylic acids is 1. The van der Waals surface area contributed by atoms with Gasteiger partial charge in [-0.2, -0.15) is 0 Å². The Morgan fingerprint density at radius 1 is 1.45 bits per heavy atom. The first-order chi connectivity index (χ1) is 9.39. The van der Waals surface area contributed by atoms with Gasteiger partial charge in [0.25, 0.3) is 0 Å². The summed E-state index contributed by atoms with van der Waals surface area (Å²) in [7, 11) is 0. The predicted octanol–water partition coefficient (Wildman–Crippen LogP) is 3.16. The van der Waals surface area contributed by atoms with Gasteiger partial charge < -0.3 is 4.74 Å². The molecule has 0 fully saturated rings. The van der Waals surface area contributed by atoms with Crippen molar-refractivity contribution in [3.05, 3.63) is 46.8 Å². The molecule has 1 aliphatic rings. The Bertz CT molecular complexity index is 709. The van der Waals surface area contributed by atoms with Gasteiger partial charge in [0.1, 0.15) is 11.9 Å². The lowest BCUT2D eigenvalue weighted by Gasteiger charge is -2.29. The first-order valence-corrected chi connectivity index (χ1v) is 6.51. The molecular weight excluding hydrogens is 283 g/mol. The number of hydrogen-bond acceptors (Lipinski definition) is 3. The fraction of sp³-hybridized carbons (Fsp3) is 0.286. The number of esters is 1. The molecule has 4 nitrogen and oxygen atoms in total. The third kappa shape index (κ3) is 1.98. The van der Waals surface area contributed by atoms with E-state index in [4.69, 9.17) is 16.3 Å². The van der Waals surface area contributed by atoms with Crippen LogP contribution in [0.3, 0.4) is 0 Å². The second-order valence-corrected chi connectivity index (χ2v) is 5.72. The van der Waals surface area contributed by atoms with Crippen molar-refractivity contribution in [3.8, 4) is 5.69 Å². The predicted molar refractivity (Wildman–Crippen MR) is 71.7 cm³/mol. The third-order valence-corrected chi connectivity index (χ3v) is 3.48. The van der Waals surface area contributed by atoms with E-state index in [9.17, 15) is 9.18 Å². The maximum Gasteiger partial charge on any atom is 0.357 e. The maximum atomic E-state index is 14.1. The van der Waals surface area contributed by atoms with E-state index >= 15 is 0 Å². The van der Waals surface area contributed by atoms with Crippen LogP contribution in [0.1, 0.15) is 30.0 Å². The number of cyclic esters (lactones) is 1. The van der Waals surface area contributed by atoms with E-state index in [1.807, 2.05) is 13.8 Å². The Balaban J connectivity index is 2.17. The van der Waals surface area contributed by atoms with E-state index in [1.165, 1.54) is 23.0 Å². The van der Waals surface area contributed by atoms with Crippen LogP contribution in [-0.2, 0) is 11.2 Å². The molecule has 0 unspecified atom stereocenters. The molecule has 2 heterocycles. The summed E-state index contributed by atoms with van der Waals surface area (Å²) in [6.45, 7) is 3.62. The Kier molecular flexibility index (Phi) is 2.83. The quantitative estimate of drug-likeness (QED) is 0.759. The number of aromatic nitrogens is 2. The number of hydrogen-bond donors (Lipinski definition) is 0. The molecule has 0 amide bonds. The molecule has 2 aromatic rings. The second kappa shape index (κ2) is 4.31. The van der Waals surface area contributed by atoms with E-state index in [0.29, 0.717) is 12.1 Å². The summed E-state index contributed by atoms with van der Waals surface area (Å²) in [6, 6.07) is 4.60. The van der Waals surface area contributed by atoms with Crippen LogP contribution in [0.5, 0.6) is 0 Å². The smallest absolute Gasteiger partial charge is 0.357 e. The number of nitrogens with zero attached hydrogens (tertiary/aromatic N) is 2. The topological polar surface area (TPSA) is 44.1 Å². The highest BCUT2D eigenvalue weighted by Crippen LogP contribution is 2.30. The molecule has 3 rings (SSSR count). The maximum absolute atomic E-state index is 14.1. The summed E-state index contributed by atoms with van der Waals surface area (Å²) < 4.78 is 20.8. The summed E-state index contributed by atoms with van der Waals surface area (Å²) in [5.74, 6) is -1.10. The van der Waals surface area contributed by atoms with E-state index in [1.54, 1.807) is 6.07 Å². The highest BCUT2D eigenvalue weighted by molar-refractivity contribution is 6.30. The first-order valence-electron chi connectivity index (χ1n) is 6.13. The SMILES string of the molecule is CC1(C)Cc2ncn(-c3cccc(Cl)c3F)c2C(=O)O1. The number of fused-ring (bicyclic) bond motifs is 1. The van der Waals surface area contributed by atoms with Gasteiger partial charge in [-0.25, -0.2) is 14.2 Å². The van der Waals surface area contributed by atoms with Crippen molar-refractivity contribution in [2.24, 2.45) is 0 Å². The minimum Gasteiger partial charge on any atom is -0.455 e. The van der Waals surface area contributed by atoms with Crippen molar-refractivity contribution in [2.75, 3.05) is 0 Å². The van der Waals surface area contributed by atoms with Crippen LogP contribution in [0.2, 0.25) is 5.02 Å². The van der Waals surface area contributed by atoms with Gasteiger partial charge in [-0.05, 0) is 26.0 Å². The molecule has 1 aliphatic heterocycles. The lowest BCUT2D eigenvalue weighted by molar-refractivity contribution is -0.00796. The number of halogens is 2. The normalized spacial score (nSPS) is 16.7. The largest absolute Gasteiger partial charge is 0.455 e. The summed E-state index contributed by atoms with van der Waals surface area (Å²) >= 11 is 5.77. The third-order valence-electron chi connectivity index (χ3n) is 3.19. The lowest BCUT2D eigenvalue weighted by atomic mass is 9.98. The van der Waals surface area contributed by atoms with Crippen LogP contribution in [0.15, 0.2) is 24.5 Å². The van der Waals surface area contributed by atoms with Crippen molar-refractivity contribution in [1.82, 2.24) is 9.55 Å². The van der Waals surface area contributed by atoms with E-state index in [-0.39, 0.29) is 16.4 Å². The summed E-state index contributed by atoms with van der Waals surface area (Å²) in [5.41, 5.74) is 0.440. The van der Waals surface area contributed by atoms with Crippen molar-refractivity contribution < 1.29 is 13.9 Å². The zero-order valence-electron chi connectivity index (χ0n) is 11.0. The van der Waals surface area contributed by atoms with Gasteiger partial charge >= 0.3 is 5.97 Å². The van der Waals surface area contributed by atoms with Gasteiger partial charge in [-0.3, -0.25) is 4.57 Å². The van der Waals surface area contributed by atoms with Gasteiger partial charge in [0.15, 0.2) is 11.5 Å². The minimum atomic E-state index is -0.601. The molecule has 1 aromatic carbocycles. The molecule has 0 aliphatic carbocycles. The monoisotopic (exact) mass is 294 g/mol. The molecule has 6 heteroatoms. The van der Waals surface area contributed by atoms with Crippen molar-refractivity contribution >= 4 is 17.6 Å². The van der Waals surface area contributed by atoms with E-state index < -0.39 is 17.4 Å². The molecular formula is C14H12ClFN2O2. The van der Waals surface area contributed by atoms with Crippen LogP contribution >= 0.6 is 11.6 Å². The van der Waals surface area contributed by atoms with Crippen molar-refractivity contribution in [3.63, 3.8) is 0 Å². The number of ether oxygens (including phenoxy) is 1. The summed E-state index contributed by atoms with van der Waals surface area (Å²) in [4.78, 5) is 16.3. The van der Waals surface area contributed by atoms with Crippen LogP contribution in [0.4, 0.5) is 4.39 Å². The average molecular weight is 295 g/mol. The number of benzene rings is 1. The van der Waals surface area contributed by atoms with Crippen molar-refractivity contribution in [2.45, 2.75) is 25.9 Å². The second-order valence-electron chi connectivity index (χ2n) is 5.31. The molecule has 104 valence electrons. The fourth-order valence-electron chi connectivity index (χ4n) is 2.33. The zero-order chi connectivity index (χ0) is 14.5. The first kappa shape index (κ1) is 13.1. The molecule has 1 aromatic heterocycles. The Labute approximate surface area is 120 Å². The Morgan fingerprint density at radius 2 is 2.20 bits per heavy atom. The number of carbonyl (C=O) groups is 1. The number of rotatable bonds is 1. The van der Waals surface area contributed by atoms with Gasteiger partial charge in [-0.15, -0.1) is 0 Å². The van der Waals surface area contributed by atoms with Gasteiger partial charge in [-0.1, -0.05) is 17.7 Å². The van der Waals surface area contributed by atoms with Crippen LogP contribution in [0, 0.1) is 5.82 Å². The highest BCUT2D eigenvalue weighted by atomic mass is 35.5. The molecule has 0 N–H and O–H groups in total. The molecule has 0 spiro atoms. The van der Waals surface area contributed by atoms with E-state index in [2.05, 4.69) is 4.98 Å². The standard InChI is InChI=1S/C14H12ClFN2O2/c1-14(2)6-9-12(13(19)20-14)18(7-17-9)10-5-3-4-8(15)11(10)16/h3-5,7H,6H2,1-2H3. The summed E-state index contributed by atoms with van der Waals surface area (Å²) in [5, 5.41) is -0.00513. The zero-order valence-corrected chi connectivity index (χ0v) is 11.7. The van der Waals surface area contributed by atoms with Crippen LogP contribution < -0.4 is 0 Å². The Hall–Kier alpha value is -1.88. The summed E-state index contributed by atoms with van der Waals surface area (Å²) in [6.07, 6.45) is 1.91. The molecule has 0 bridgehead atoms. The number of imidazole rings is 1. The minimum absolute atomic E-state index is 0.00513. The lowest BCUT2D eigenvalue weighted by Crippen LogP contribution is -2.36. The van der Waals surface area contributed by atoms with Crippen LogP contribution in [0.25, 0.3) is 5.69 Å². The molecule has 0 radical (unpaired) electrons. The van der Waals surface area contributed by atoms with Crippen LogP contribution in [-0.4, -0.2) is 21.1 Å².